The molecule has 2 N–H and O–H groups in total. The van der Waals surface area contributed by atoms with E-state index in [-0.39, 0.29) is 24.6 Å². The highest BCUT2D eigenvalue weighted by molar-refractivity contribution is 6.00. The predicted molar refractivity (Wildman–Crippen MR) is 112 cm³/mol. The molecule has 1 saturated heterocycles. The maximum atomic E-state index is 14.4. The number of carbonyl (C=O) groups excluding carboxylic acids is 3. The van der Waals surface area contributed by atoms with Crippen LogP contribution < -0.4 is 10.6 Å². The third-order valence-corrected chi connectivity index (χ3v) is 5.66. The molecule has 0 bridgehead atoms. The van der Waals surface area contributed by atoms with Crippen molar-refractivity contribution in [1.82, 2.24) is 25.7 Å². The molecule has 2 atom stereocenters. The summed E-state index contributed by atoms with van der Waals surface area (Å²) in [5, 5.41) is 8.60. The number of aromatic nitrogens is 2. The Balaban J connectivity index is 1.69. The van der Waals surface area contributed by atoms with Gasteiger partial charge >= 0.3 is 6.03 Å². The van der Waals surface area contributed by atoms with Crippen molar-refractivity contribution in [2.75, 3.05) is 26.3 Å². The van der Waals surface area contributed by atoms with Crippen molar-refractivity contribution in [3.05, 3.63) is 11.7 Å². The summed E-state index contributed by atoms with van der Waals surface area (Å²) in [4.78, 5) is 43.8. The lowest BCUT2D eigenvalue weighted by molar-refractivity contribution is -0.126. The molecule has 3 amide bonds. The van der Waals surface area contributed by atoms with E-state index in [1.54, 1.807) is 13.8 Å². The molecule has 0 aromatic carbocycles. The van der Waals surface area contributed by atoms with Gasteiger partial charge < -0.3 is 24.8 Å². The Morgan fingerprint density at radius 2 is 1.85 bits per heavy atom. The molecule has 1 aromatic heterocycles. The summed E-state index contributed by atoms with van der Waals surface area (Å²) < 4.78 is 39.1. The van der Waals surface area contributed by atoms with E-state index < -0.39 is 48.6 Å². The van der Waals surface area contributed by atoms with Crippen LogP contribution in [-0.4, -0.2) is 77.1 Å². The lowest BCUT2D eigenvalue weighted by atomic mass is 10.0. The average Bonchev–Trinajstić information content (AvgIpc) is 3.53. The number of Topliss-reactive ketones (excluding diaryl/α,β-unsaturated/α-hetero) is 1. The van der Waals surface area contributed by atoms with Crippen molar-refractivity contribution in [2.45, 2.75) is 76.3 Å². The first kappa shape index (κ1) is 25.0. The average molecular weight is 472 g/mol. The van der Waals surface area contributed by atoms with Crippen LogP contribution in [0.25, 0.3) is 0 Å². The van der Waals surface area contributed by atoms with Crippen LogP contribution in [-0.2, 0) is 9.53 Å². The molecule has 1 unspecified atom stereocenters. The van der Waals surface area contributed by atoms with E-state index in [0.29, 0.717) is 32.2 Å². The Bertz CT molecular complexity index is 839. The summed E-state index contributed by atoms with van der Waals surface area (Å²) in [6.45, 7) is 4.53. The van der Waals surface area contributed by atoms with Gasteiger partial charge in [0.1, 0.15) is 6.04 Å². The third kappa shape index (κ3) is 6.92. The summed E-state index contributed by atoms with van der Waals surface area (Å²) in [6, 6.07) is -3.18. The zero-order valence-corrected chi connectivity index (χ0v) is 18.9. The Kier molecular flexibility index (Phi) is 8.33. The molecule has 1 saturated carbocycles. The molecule has 0 radical (unpaired) electrons. The largest absolute Gasteiger partial charge is 0.378 e. The van der Waals surface area contributed by atoms with Gasteiger partial charge in [-0.25, -0.2) is 13.6 Å². The summed E-state index contributed by atoms with van der Waals surface area (Å²) in [6.07, 6.45) is 0.943. The van der Waals surface area contributed by atoms with Crippen LogP contribution in [0.3, 0.4) is 0 Å². The quantitative estimate of drug-likeness (QED) is 0.474. The number of nitrogens with zero attached hydrogens (tertiary/aromatic N) is 3. The molecule has 1 aliphatic carbocycles. The predicted octanol–water partition coefficient (Wildman–Crippen LogP) is 2.26. The molecule has 12 heteroatoms. The van der Waals surface area contributed by atoms with Crippen LogP contribution >= 0.6 is 0 Å². The Morgan fingerprint density at radius 1 is 1.15 bits per heavy atom. The monoisotopic (exact) mass is 471 g/mol. The Hall–Kier alpha value is -2.63. The molecule has 10 nitrogen and oxygen atoms in total. The van der Waals surface area contributed by atoms with Crippen LogP contribution in [0.1, 0.15) is 74.8 Å². The van der Waals surface area contributed by atoms with Crippen LogP contribution in [0.15, 0.2) is 4.52 Å². The first-order valence-electron chi connectivity index (χ1n) is 11.4. The van der Waals surface area contributed by atoms with Gasteiger partial charge in [-0.1, -0.05) is 25.4 Å². The van der Waals surface area contributed by atoms with Gasteiger partial charge in [-0.2, -0.15) is 4.98 Å². The van der Waals surface area contributed by atoms with E-state index in [0.717, 1.165) is 12.8 Å². The SMILES string of the molecule is CCCC(F)(F)CC(NC(=O)N1CCOCC1)C(=O)N[C@@H](CC)C(=O)c1noc(C2CC2)n1. The summed E-state index contributed by atoms with van der Waals surface area (Å²) in [5.74, 6) is -4.20. The summed E-state index contributed by atoms with van der Waals surface area (Å²) >= 11 is 0. The highest BCUT2D eigenvalue weighted by Crippen LogP contribution is 2.38. The number of alkyl halides is 2. The van der Waals surface area contributed by atoms with E-state index in [2.05, 4.69) is 20.8 Å². The van der Waals surface area contributed by atoms with E-state index in [9.17, 15) is 23.2 Å². The van der Waals surface area contributed by atoms with E-state index in [4.69, 9.17) is 9.26 Å². The number of rotatable bonds is 11. The second-order valence-electron chi connectivity index (χ2n) is 8.48. The van der Waals surface area contributed by atoms with Gasteiger partial charge in [0.25, 0.3) is 5.92 Å². The van der Waals surface area contributed by atoms with Crippen molar-refractivity contribution in [3.63, 3.8) is 0 Å². The second-order valence-corrected chi connectivity index (χ2v) is 8.48. The minimum atomic E-state index is -3.16. The lowest BCUT2D eigenvalue weighted by Gasteiger charge is -2.30. The number of hydrogen-bond donors (Lipinski definition) is 2. The van der Waals surface area contributed by atoms with Crippen LogP contribution in [0.5, 0.6) is 0 Å². The van der Waals surface area contributed by atoms with Crippen molar-refractivity contribution in [2.24, 2.45) is 0 Å². The number of amides is 3. The van der Waals surface area contributed by atoms with Gasteiger partial charge in [0.2, 0.25) is 23.4 Å². The molecule has 184 valence electrons. The first-order valence-corrected chi connectivity index (χ1v) is 11.4. The molecule has 3 rings (SSSR count). The number of hydrogen-bond acceptors (Lipinski definition) is 7. The van der Waals surface area contributed by atoms with Gasteiger partial charge in [0.05, 0.1) is 19.3 Å². The van der Waals surface area contributed by atoms with E-state index in [1.165, 1.54) is 4.90 Å². The van der Waals surface area contributed by atoms with Gasteiger partial charge in [-0.3, -0.25) is 9.59 Å². The number of halogens is 2. The number of carbonyl (C=O) groups is 3. The molecular formula is C21H31F2N5O5. The number of urea groups is 1. The standard InChI is InChI=1S/C21H31F2N5O5/c1-3-7-21(22,23)12-15(25-20(31)28-8-10-32-11-9-28)18(30)24-14(4-2)16(29)17-26-19(33-27-17)13-5-6-13/h13-15H,3-12H2,1-2H3,(H,24,30)(H,25,31)/t14-,15?/m0/s1. The molecule has 33 heavy (non-hydrogen) atoms. The molecular weight excluding hydrogens is 440 g/mol. The Labute approximate surface area is 190 Å². The lowest BCUT2D eigenvalue weighted by Crippen LogP contribution is -2.56. The third-order valence-electron chi connectivity index (χ3n) is 5.66. The number of ether oxygens (including phenoxy) is 1. The molecule has 2 fully saturated rings. The zero-order chi connectivity index (χ0) is 24.0. The van der Waals surface area contributed by atoms with Gasteiger partial charge in [-0.05, 0) is 19.3 Å². The van der Waals surface area contributed by atoms with Crippen molar-refractivity contribution < 1.29 is 32.4 Å². The van der Waals surface area contributed by atoms with Crippen molar-refractivity contribution >= 4 is 17.7 Å². The Morgan fingerprint density at radius 3 is 2.45 bits per heavy atom. The minimum absolute atomic E-state index is 0.158. The maximum absolute atomic E-state index is 14.4. The molecule has 1 aromatic rings. The molecule has 2 aliphatic rings. The van der Waals surface area contributed by atoms with E-state index >= 15 is 0 Å². The topological polar surface area (TPSA) is 127 Å². The first-order chi connectivity index (χ1) is 15.7. The van der Waals surface area contributed by atoms with Crippen LogP contribution in [0.4, 0.5) is 13.6 Å². The molecule has 1 aliphatic heterocycles. The van der Waals surface area contributed by atoms with Gasteiger partial charge in [-0.15, -0.1) is 0 Å². The van der Waals surface area contributed by atoms with Crippen molar-refractivity contribution in [3.8, 4) is 0 Å². The maximum Gasteiger partial charge on any atom is 0.318 e. The number of ketones is 1. The number of nitrogens with one attached hydrogen (secondary N) is 2. The minimum Gasteiger partial charge on any atom is -0.378 e. The second kappa shape index (κ2) is 11.0. The smallest absolute Gasteiger partial charge is 0.318 e. The van der Waals surface area contributed by atoms with Gasteiger partial charge in [0, 0.05) is 31.8 Å². The van der Waals surface area contributed by atoms with Crippen molar-refractivity contribution in [1.29, 1.82) is 0 Å². The zero-order valence-electron chi connectivity index (χ0n) is 18.9. The number of morpholine rings is 1. The fourth-order valence-electron chi connectivity index (χ4n) is 3.60. The summed E-state index contributed by atoms with van der Waals surface area (Å²) in [5.41, 5.74) is 0. The fourth-order valence-corrected chi connectivity index (χ4v) is 3.60. The highest BCUT2D eigenvalue weighted by Gasteiger charge is 2.38. The van der Waals surface area contributed by atoms with Crippen LogP contribution in [0.2, 0.25) is 0 Å². The summed E-state index contributed by atoms with van der Waals surface area (Å²) in [7, 11) is 0. The normalized spacial score (nSPS) is 18.5. The van der Waals surface area contributed by atoms with Gasteiger partial charge in [0.15, 0.2) is 0 Å². The molecule has 0 spiro atoms. The van der Waals surface area contributed by atoms with E-state index in [1.807, 2.05) is 0 Å². The molecule has 2 heterocycles. The highest BCUT2D eigenvalue weighted by atomic mass is 19.3. The van der Waals surface area contributed by atoms with Crippen LogP contribution in [0, 0.1) is 0 Å². The fraction of sp³-hybridized carbons (Fsp3) is 0.762.